The average Bonchev–Trinajstić information content (AvgIpc) is 2.89. The van der Waals surface area contributed by atoms with Gasteiger partial charge < -0.3 is 5.32 Å². The SMILES string of the molecule is CCCCCCCCCC(=O)Nc1sc2c(c1C#N)CC[C@@H](C)C2. The number of carbonyl (C=O) groups is 1. The molecule has 0 bridgehead atoms. The van der Waals surface area contributed by atoms with Crippen LogP contribution < -0.4 is 5.32 Å². The summed E-state index contributed by atoms with van der Waals surface area (Å²) in [5, 5.41) is 13.2. The van der Waals surface area contributed by atoms with E-state index >= 15 is 0 Å². The highest BCUT2D eigenvalue weighted by atomic mass is 32.1. The van der Waals surface area contributed by atoms with E-state index in [4.69, 9.17) is 0 Å². The number of fused-ring (bicyclic) bond motifs is 1. The van der Waals surface area contributed by atoms with Crippen molar-refractivity contribution in [3.8, 4) is 6.07 Å². The van der Waals surface area contributed by atoms with Gasteiger partial charge in [-0.2, -0.15) is 5.26 Å². The van der Waals surface area contributed by atoms with Crippen LogP contribution in [0.2, 0.25) is 0 Å². The summed E-state index contributed by atoms with van der Waals surface area (Å²) in [6.45, 7) is 4.48. The average molecular weight is 347 g/mol. The molecule has 1 aromatic heterocycles. The quantitative estimate of drug-likeness (QED) is 0.572. The number of hydrogen-bond acceptors (Lipinski definition) is 3. The summed E-state index contributed by atoms with van der Waals surface area (Å²) in [7, 11) is 0. The third-order valence-corrected chi connectivity index (χ3v) is 6.05. The number of hydrogen-bond donors (Lipinski definition) is 1. The molecule has 1 N–H and O–H groups in total. The molecule has 0 fully saturated rings. The first-order chi connectivity index (χ1) is 11.7. The van der Waals surface area contributed by atoms with Gasteiger partial charge in [-0.15, -0.1) is 11.3 Å². The topological polar surface area (TPSA) is 52.9 Å². The number of amides is 1. The van der Waals surface area contributed by atoms with E-state index in [9.17, 15) is 10.1 Å². The van der Waals surface area contributed by atoms with E-state index in [2.05, 4.69) is 25.2 Å². The third-order valence-electron chi connectivity index (χ3n) is 4.88. The van der Waals surface area contributed by atoms with Crippen LogP contribution in [-0.4, -0.2) is 5.91 Å². The predicted octanol–water partition coefficient (Wildman–Crippen LogP) is 5.82. The summed E-state index contributed by atoms with van der Waals surface area (Å²) in [6, 6.07) is 2.32. The zero-order valence-electron chi connectivity index (χ0n) is 15.1. The molecule has 0 radical (unpaired) electrons. The Hall–Kier alpha value is -1.34. The standard InChI is InChI=1S/C20H30N2OS/c1-3-4-5-6-7-8-9-10-19(23)22-20-17(14-21)16-12-11-15(2)13-18(16)24-20/h15H,3-13H2,1-2H3,(H,22,23)/t15-/m1/s1. The van der Waals surface area contributed by atoms with Crippen molar-refractivity contribution in [2.24, 2.45) is 5.92 Å². The highest BCUT2D eigenvalue weighted by Crippen LogP contribution is 2.39. The molecule has 0 saturated heterocycles. The van der Waals surface area contributed by atoms with Crippen LogP contribution in [0, 0.1) is 17.2 Å². The fourth-order valence-electron chi connectivity index (χ4n) is 3.39. The lowest BCUT2D eigenvalue weighted by Crippen LogP contribution is -2.11. The molecule has 0 unspecified atom stereocenters. The number of nitrogens with one attached hydrogen (secondary N) is 1. The van der Waals surface area contributed by atoms with Crippen LogP contribution in [0.3, 0.4) is 0 Å². The largest absolute Gasteiger partial charge is 0.317 e. The summed E-state index contributed by atoms with van der Waals surface area (Å²) in [6.07, 6.45) is 12.2. The Morgan fingerprint density at radius 1 is 1.25 bits per heavy atom. The zero-order chi connectivity index (χ0) is 17.4. The molecule has 1 aromatic rings. The minimum atomic E-state index is 0.0618. The molecule has 24 heavy (non-hydrogen) atoms. The smallest absolute Gasteiger partial charge is 0.225 e. The van der Waals surface area contributed by atoms with Crippen molar-refractivity contribution in [3.05, 3.63) is 16.0 Å². The first-order valence-electron chi connectivity index (χ1n) is 9.50. The Bertz CT molecular complexity index is 585. The molecule has 0 saturated carbocycles. The van der Waals surface area contributed by atoms with E-state index in [-0.39, 0.29) is 5.91 Å². The van der Waals surface area contributed by atoms with E-state index in [0.717, 1.165) is 42.7 Å². The highest BCUT2D eigenvalue weighted by Gasteiger charge is 2.24. The van der Waals surface area contributed by atoms with E-state index < -0.39 is 0 Å². The number of thiophene rings is 1. The van der Waals surface area contributed by atoms with E-state index in [1.807, 2.05) is 0 Å². The van der Waals surface area contributed by atoms with Crippen molar-refractivity contribution >= 4 is 22.2 Å². The van der Waals surface area contributed by atoms with Gasteiger partial charge in [0.25, 0.3) is 0 Å². The van der Waals surface area contributed by atoms with Crippen LogP contribution in [0.4, 0.5) is 5.00 Å². The minimum Gasteiger partial charge on any atom is -0.317 e. The summed E-state index contributed by atoms with van der Waals surface area (Å²) in [5.74, 6) is 0.741. The van der Waals surface area contributed by atoms with Crippen LogP contribution in [0.25, 0.3) is 0 Å². The molecule has 1 amide bonds. The summed E-state index contributed by atoms with van der Waals surface area (Å²) >= 11 is 1.62. The van der Waals surface area contributed by atoms with E-state index in [1.54, 1.807) is 11.3 Å². The fourth-order valence-corrected chi connectivity index (χ4v) is 4.77. The molecule has 0 spiro atoms. The van der Waals surface area contributed by atoms with Crippen LogP contribution in [-0.2, 0) is 17.6 Å². The highest BCUT2D eigenvalue weighted by molar-refractivity contribution is 7.16. The summed E-state index contributed by atoms with van der Waals surface area (Å²) in [4.78, 5) is 13.5. The second-order valence-electron chi connectivity index (χ2n) is 7.09. The number of anilines is 1. The lowest BCUT2D eigenvalue weighted by atomic mass is 9.88. The molecule has 1 aliphatic carbocycles. The third kappa shape index (κ3) is 5.34. The Labute approximate surface area is 150 Å². The van der Waals surface area contributed by atoms with Gasteiger partial charge in [-0.3, -0.25) is 4.79 Å². The van der Waals surface area contributed by atoms with Gasteiger partial charge in [-0.1, -0.05) is 52.4 Å². The van der Waals surface area contributed by atoms with Crippen molar-refractivity contribution < 1.29 is 4.79 Å². The van der Waals surface area contributed by atoms with E-state index in [0.29, 0.717) is 12.3 Å². The Morgan fingerprint density at radius 2 is 1.96 bits per heavy atom. The molecule has 4 heteroatoms. The number of nitrogens with zero attached hydrogens (tertiary/aromatic N) is 1. The van der Waals surface area contributed by atoms with Crippen LogP contribution in [0.15, 0.2) is 0 Å². The Kier molecular flexibility index (Phi) is 7.78. The Morgan fingerprint density at radius 3 is 2.67 bits per heavy atom. The second kappa shape index (κ2) is 9.84. The van der Waals surface area contributed by atoms with Crippen LogP contribution >= 0.6 is 11.3 Å². The maximum Gasteiger partial charge on any atom is 0.225 e. The van der Waals surface area contributed by atoms with Gasteiger partial charge in [0.1, 0.15) is 11.1 Å². The van der Waals surface area contributed by atoms with Crippen molar-refractivity contribution in [1.29, 1.82) is 5.26 Å². The van der Waals surface area contributed by atoms with Crippen LogP contribution in [0.1, 0.15) is 87.6 Å². The van der Waals surface area contributed by atoms with E-state index in [1.165, 1.54) is 42.5 Å². The molecule has 0 aromatic carbocycles. The first kappa shape index (κ1) is 19.0. The molecular formula is C20H30N2OS. The monoisotopic (exact) mass is 346 g/mol. The number of nitriles is 1. The second-order valence-corrected chi connectivity index (χ2v) is 8.19. The molecule has 2 rings (SSSR count). The lowest BCUT2D eigenvalue weighted by molar-refractivity contribution is -0.116. The number of rotatable bonds is 9. The molecule has 0 aliphatic heterocycles. The molecule has 1 atom stereocenters. The van der Waals surface area contributed by atoms with Gasteiger partial charge in [-0.05, 0) is 37.2 Å². The van der Waals surface area contributed by atoms with Gasteiger partial charge in [0, 0.05) is 11.3 Å². The Balaban J connectivity index is 1.79. The number of carbonyl (C=O) groups excluding carboxylic acids is 1. The zero-order valence-corrected chi connectivity index (χ0v) is 15.9. The van der Waals surface area contributed by atoms with Gasteiger partial charge in [0.2, 0.25) is 5.91 Å². The number of unbranched alkanes of at least 4 members (excludes halogenated alkanes) is 6. The lowest BCUT2D eigenvalue weighted by Gasteiger charge is -2.17. The first-order valence-corrected chi connectivity index (χ1v) is 10.3. The molecule has 1 aliphatic rings. The molecule has 3 nitrogen and oxygen atoms in total. The van der Waals surface area contributed by atoms with Gasteiger partial charge in [0.05, 0.1) is 5.56 Å². The van der Waals surface area contributed by atoms with Gasteiger partial charge >= 0.3 is 0 Å². The summed E-state index contributed by atoms with van der Waals surface area (Å²) in [5.41, 5.74) is 1.90. The van der Waals surface area contributed by atoms with Crippen LogP contribution in [0.5, 0.6) is 0 Å². The molecule has 132 valence electrons. The van der Waals surface area contributed by atoms with Crippen molar-refractivity contribution in [2.75, 3.05) is 5.32 Å². The van der Waals surface area contributed by atoms with Gasteiger partial charge in [0.15, 0.2) is 0 Å². The normalized spacial score (nSPS) is 16.5. The molecule has 1 heterocycles. The minimum absolute atomic E-state index is 0.0618. The van der Waals surface area contributed by atoms with Gasteiger partial charge in [-0.25, -0.2) is 0 Å². The molecular weight excluding hydrogens is 316 g/mol. The summed E-state index contributed by atoms with van der Waals surface area (Å²) < 4.78 is 0. The van der Waals surface area contributed by atoms with Crippen molar-refractivity contribution in [1.82, 2.24) is 0 Å². The van der Waals surface area contributed by atoms with Crippen molar-refractivity contribution in [3.63, 3.8) is 0 Å². The fraction of sp³-hybridized carbons (Fsp3) is 0.700. The predicted molar refractivity (Wildman–Crippen MR) is 101 cm³/mol. The maximum atomic E-state index is 12.2. The maximum absolute atomic E-state index is 12.2. The van der Waals surface area contributed by atoms with Crippen molar-refractivity contribution in [2.45, 2.75) is 84.5 Å².